The number of rotatable bonds is 9. The minimum absolute atomic E-state index is 0.0911. The van der Waals surface area contributed by atoms with E-state index in [9.17, 15) is 19.7 Å². The Kier molecular flexibility index (Phi) is 8.42. The first kappa shape index (κ1) is 28.2. The van der Waals surface area contributed by atoms with Gasteiger partial charge in [0.05, 0.1) is 23.5 Å². The highest BCUT2D eigenvalue weighted by Crippen LogP contribution is 2.34. The first-order chi connectivity index (χ1) is 19.1. The molecular formula is C29H31N5O6. The molecule has 1 heterocycles. The molecule has 4 rings (SSSR count). The molecule has 0 N–H and O–H groups in total. The zero-order valence-electron chi connectivity index (χ0n) is 23.1. The monoisotopic (exact) mass is 545 g/mol. The van der Waals surface area contributed by atoms with Gasteiger partial charge in [0.1, 0.15) is 11.3 Å². The molecule has 4 aromatic rings. The number of fused-ring (bicyclic) bond motifs is 1. The maximum absolute atomic E-state index is 12.8. The number of hydrogen-bond acceptors (Lipinski definition) is 8. The average Bonchev–Trinajstić information content (AvgIpc) is 3.31. The average molecular weight is 546 g/mol. The van der Waals surface area contributed by atoms with Crippen LogP contribution in [0.2, 0.25) is 0 Å². The van der Waals surface area contributed by atoms with Crippen molar-refractivity contribution in [1.29, 1.82) is 0 Å². The minimum Gasteiger partial charge on any atom is -0.466 e. The van der Waals surface area contributed by atoms with E-state index in [1.54, 1.807) is 18.7 Å². The summed E-state index contributed by atoms with van der Waals surface area (Å²) in [5.41, 5.74) is 6.21. The van der Waals surface area contributed by atoms with E-state index in [2.05, 4.69) is 10.3 Å². The molecule has 0 fully saturated rings. The summed E-state index contributed by atoms with van der Waals surface area (Å²) >= 11 is 0. The summed E-state index contributed by atoms with van der Waals surface area (Å²) in [4.78, 5) is 37.2. The molecular weight excluding hydrogens is 514 g/mol. The Morgan fingerprint density at radius 3 is 2.50 bits per heavy atom. The fourth-order valence-corrected chi connectivity index (χ4v) is 4.63. The molecule has 40 heavy (non-hydrogen) atoms. The van der Waals surface area contributed by atoms with Crippen molar-refractivity contribution in [2.45, 2.75) is 39.7 Å². The van der Waals surface area contributed by atoms with E-state index >= 15 is 0 Å². The third-order valence-electron chi connectivity index (χ3n) is 6.88. The van der Waals surface area contributed by atoms with Gasteiger partial charge in [0.2, 0.25) is 0 Å². The number of nitrogens with zero attached hydrogens (tertiary/aromatic N) is 5. The molecule has 208 valence electrons. The summed E-state index contributed by atoms with van der Waals surface area (Å²) < 4.78 is 12.4. The van der Waals surface area contributed by atoms with E-state index in [0.717, 1.165) is 38.9 Å². The molecule has 0 aliphatic carbocycles. The third kappa shape index (κ3) is 6.09. The van der Waals surface area contributed by atoms with E-state index in [4.69, 9.17) is 9.47 Å². The van der Waals surface area contributed by atoms with Crippen molar-refractivity contribution in [3.63, 3.8) is 0 Å². The highest BCUT2D eigenvalue weighted by molar-refractivity contribution is 5.80. The van der Waals surface area contributed by atoms with Crippen LogP contribution in [0.5, 0.6) is 5.75 Å². The van der Waals surface area contributed by atoms with Crippen LogP contribution in [0.25, 0.3) is 11.0 Å². The smallest absolute Gasteiger partial charge is 0.415 e. The van der Waals surface area contributed by atoms with Crippen molar-refractivity contribution in [3.8, 4) is 5.75 Å². The van der Waals surface area contributed by atoms with Crippen LogP contribution in [0.4, 0.5) is 10.5 Å². The number of carbonyl (C=O) groups excluding carboxylic acids is 2. The fourth-order valence-electron chi connectivity index (χ4n) is 4.63. The Balaban J connectivity index is 1.61. The lowest BCUT2D eigenvalue weighted by atomic mass is 9.84. The molecule has 3 aromatic carbocycles. The van der Waals surface area contributed by atoms with E-state index in [0.29, 0.717) is 0 Å². The summed E-state index contributed by atoms with van der Waals surface area (Å²) in [6.45, 7) is 6.24. The molecule has 0 aliphatic rings. The second-order valence-corrected chi connectivity index (χ2v) is 9.58. The molecule has 0 saturated heterocycles. The predicted octanol–water partition coefficient (Wildman–Crippen LogP) is 5.21. The van der Waals surface area contributed by atoms with E-state index in [1.807, 2.05) is 51.2 Å². The largest absolute Gasteiger partial charge is 0.466 e. The van der Waals surface area contributed by atoms with Crippen LogP contribution in [0.15, 0.2) is 54.6 Å². The van der Waals surface area contributed by atoms with Gasteiger partial charge in [-0.2, -0.15) is 0 Å². The normalized spacial score (nSPS) is 11.7. The zero-order chi connectivity index (χ0) is 29.0. The Morgan fingerprint density at radius 1 is 1.10 bits per heavy atom. The fraction of sp³-hybridized carbons (Fsp3) is 0.310. The van der Waals surface area contributed by atoms with Crippen molar-refractivity contribution in [3.05, 3.63) is 92.5 Å². The minimum atomic E-state index is -0.606. The molecule has 0 bridgehead atoms. The molecule has 1 amide bonds. The van der Waals surface area contributed by atoms with Crippen molar-refractivity contribution >= 4 is 28.8 Å². The van der Waals surface area contributed by atoms with Crippen molar-refractivity contribution < 1.29 is 24.0 Å². The van der Waals surface area contributed by atoms with Crippen LogP contribution in [-0.4, -0.2) is 50.5 Å². The van der Waals surface area contributed by atoms with Gasteiger partial charge in [0.15, 0.2) is 0 Å². The van der Waals surface area contributed by atoms with Crippen LogP contribution in [0.3, 0.4) is 0 Å². The number of amides is 1. The highest BCUT2D eigenvalue weighted by atomic mass is 16.6. The molecule has 1 unspecified atom stereocenters. The predicted molar refractivity (Wildman–Crippen MR) is 148 cm³/mol. The number of ether oxygens (including phenoxy) is 2. The summed E-state index contributed by atoms with van der Waals surface area (Å²) in [5, 5.41) is 19.3. The summed E-state index contributed by atoms with van der Waals surface area (Å²) in [6, 6.07) is 15.2. The third-order valence-corrected chi connectivity index (χ3v) is 6.88. The van der Waals surface area contributed by atoms with Crippen molar-refractivity contribution in [1.82, 2.24) is 19.9 Å². The molecule has 11 nitrogen and oxygen atoms in total. The SMILES string of the molecule is CCOC(=O)CC(c1ccc(C)c(CN(C)C(=O)Oc2ccc([N+](=O)[O-])cc2)c1)c1ccc2c(nnn2C)c1C. The van der Waals surface area contributed by atoms with Gasteiger partial charge in [0.25, 0.3) is 5.69 Å². The van der Waals surface area contributed by atoms with Crippen LogP contribution in [0, 0.1) is 24.0 Å². The van der Waals surface area contributed by atoms with E-state index in [-0.39, 0.29) is 42.9 Å². The maximum Gasteiger partial charge on any atom is 0.415 e. The number of aryl methyl sites for hydroxylation is 3. The lowest BCUT2D eigenvalue weighted by Gasteiger charge is -2.23. The van der Waals surface area contributed by atoms with Gasteiger partial charge in [0, 0.05) is 38.7 Å². The standard InChI is InChI=1S/C29H31N5O6/c1-6-39-27(35)16-25(24-13-14-26-28(19(24)3)30-31-33(26)5)20-8-7-18(2)21(15-20)17-32(4)29(36)40-23-11-9-22(10-12-23)34(37)38/h7-15,25H,6,16-17H2,1-5H3. The van der Waals surface area contributed by atoms with E-state index < -0.39 is 11.0 Å². The number of aromatic nitrogens is 3. The number of non-ortho nitro benzene ring substituents is 1. The summed E-state index contributed by atoms with van der Waals surface area (Å²) in [5.74, 6) is -0.406. The molecule has 0 radical (unpaired) electrons. The maximum atomic E-state index is 12.8. The van der Waals surface area contributed by atoms with Gasteiger partial charge in [-0.15, -0.1) is 5.10 Å². The van der Waals surface area contributed by atoms with Crippen LogP contribution < -0.4 is 4.74 Å². The van der Waals surface area contributed by atoms with Crippen molar-refractivity contribution in [2.24, 2.45) is 7.05 Å². The lowest BCUT2D eigenvalue weighted by Crippen LogP contribution is -2.29. The highest BCUT2D eigenvalue weighted by Gasteiger charge is 2.24. The van der Waals surface area contributed by atoms with Gasteiger partial charge < -0.3 is 14.4 Å². The second kappa shape index (κ2) is 11.9. The number of carbonyl (C=O) groups is 2. The number of esters is 1. The Morgan fingerprint density at radius 2 is 1.82 bits per heavy atom. The number of nitro groups is 1. The molecule has 1 atom stereocenters. The van der Waals surface area contributed by atoms with Crippen LogP contribution >= 0.6 is 0 Å². The quantitative estimate of drug-likeness (QED) is 0.159. The first-order valence-corrected chi connectivity index (χ1v) is 12.8. The number of hydrogen-bond donors (Lipinski definition) is 0. The van der Waals surface area contributed by atoms with Gasteiger partial charge in [-0.25, -0.2) is 9.48 Å². The Labute approximate surface area is 231 Å². The first-order valence-electron chi connectivity index (χ1n) is 12.8. The van der Waals surface area contributed by atoms with Crippen LogP contribution in [0.1, 0.15) is 47.1 Å². The molecule has 11 heteroatoms. The molecule has 0 aliphatic heterocycles. The Bertz CT molecular complexity index is 1560. The zero-order valence-corrected chi connectivity index (χ0v) is 23.1. The summed E-state index contributed by atoms with van der Waals surface area (Å²) in [6.07, 6.45) is -0.466. The Hall–Kier alpha value is -4.80. The number of benzene rings is 3. The van der Waals surface area contributed by atoms with Gasteiger partial charge >= 0.3 is 12.1 Å². The lowest BCUT2D eigenvalue weighted by molar-refractivity contribution is -0.384. The van der Waals surface area contributed by atoms with Gasteiger partial charge in [-0.05, 0) is 66.8 Å². The van der Waals surface area contributed by atoms with Gasteiger partial charge in [-0.3, -0.25) is 14.9 Å². The topological polar surface area (TPSA) is 130 Å². The number of nitro benzene ring substituents is 1. The van der Waals surface area contributed by atoms with Crippen molar-refractivity contribution in [2.75, 3.05) is 13.7 Å². The summed E-state index contributed by atoms with van der Waals surface area (Å²) in [7, 11) is 3.45. The molecule has 0 saturated carbocycles. The van der Waals surface area contributed by atoms with Gasteiger partial charge in [-0.1, -0.05) is 29.5 Å². The second-order valence-electron chi connectivity index (χ2n) is 9.58. The van der Waals surface area contributed by atoms with E-state index in [1.165, 1.54) is 29.2 Å². The molecule has 0 spiro atoms. The molecule has 1 aromatic heterocycles. The van der Waals surface area contributed by atoms with Crippen LogP contribution in [-0.2, 0) is 23.1 Å².